The van der Waals surface area contributed by atoms with Crippen molar-refractivity contribution in [3.63, 3.8) is 0 Å². The van der Waals surface area contributed by atoms with Crippen molar-refractivity contribution >= 4 is 38.9 Å². The van der Waals surface area contributed by atoms with E-state index in [4.69, 9.17) is 0 Å². The van der Waals surface area contributed by atoms with Gasteiger partial charge in [0, 0.05) is 38.9 Å². The highest BCUT2D eigenvalue weighted by molar-refractivity contribution is 6.08. The topological polar surface area (TPSA) is 19.0 Å². The Morgan fingerprint density at radius 3 is 2.03 bits per heavy atom. The Hall–Kier alpha value is -4.30. The van der Waals surface area contributed by atoms with E-state index in [1.54, 1.807) is 0 Å². The predicted molar refractivity (Wildman–Crippen MR) is 154 cm³/mol. The highest BCUT2D eigenvalue weighted by atomic mass is 15.1. The molecule has 1 aromatic heterocycles. The largest absolute Gasteiger partial charge is 0.355 e. The van der Waals surface area contributed by atoms with Crippen LogP contribution in [0.4, 0.5) is 17.1 Å². The number of benzene rings is 5. The summed E-state index contributed by atoms with van der Waals surface area (Å²) in [5.41, 5.74) is 9.73. The number of fused-ring (bicyclic) bond motifs is 3. The number of H-pyrrole nitrogens is 1. The summed E-state index contributed by atoms with van der Waals surface area (Å²) in [5.74, 6) is 0.588. The molecular formula is C34H30N2. The smallest absolute Gasteiger partial charge is 0.0493 e. The Balaban J connectivity index is 1.42. The van der Waals surface area contributed by atoms with E-state index < -0.39 is 0 Å². The van der Waals surface area contributed by atoms with E-state index in [0.29, 0.717) is 5.92 Å². The van der Waals surface area contributed by atoms with Crippen LogP contribution in [0.2, 0.25) is 0 Å². The number of rotatable bonds is 6. The molecule has 1 N–H and O–H groups in total. The Morgan fingerprint density at radius 2 is 1.22 bits per heavy atom. The third kappa shape index (κ3) is 4.16. The molecule has 0 aliphatic heterocycles. The minimum atomic E-state index is 0.588. The molecule has 0 aliphatic rings. The van der Waals surface area contributed by atoms with Crippen LogP contribution in [-0.4, -0.2) is 4.98 Å². The lowest BCUT2D eigenvalue weighted by Gasteiger charge is -2.28. The number of para-hydroxylation sites is 3. The summed E-state index contributed by atoms with van der Waals surface area (Å²) in [6.07, 6.45) is 1.04. The van der Waals surface area contributed by atoms with Crippen LogP contribution in [0, 0.1) is 5.92 Å². The molecule has 0 fully saturated rings. The van der Waals surface area contributed by atoms with Crippen LogP contribution in [0.25, 0.3) is 32.9 Å². The fraction of sp³-hybridized carbons (Fsp3) is 0.118. The summed E-state index contributed by atoms with van der Waals surface area (Å²) in [4.78, 5) is 5.91. The molecule has 0 unspecified atom stereocenters. The Labute approximate surface area is 212 Å². The van der Waals surface area contributed by atoms with E-state index >= 15 is 0 Å². The first-order valence-corrected chi connectivity index (χ1v) is 12.7. The molecule has 0 saturated carbocycles. The molecule has 0 aliphatic carbocycles. The average Bonchev–Trinajstić information content (AvgIpc) is 3.29. The van der Waals surface area contributed by atoms with Crippen molar-refractivity contribution < 1.29 is 0 Å². The van der Waals surface area contributed by atoms with Crippen LogP contribution >= 0.6 is 0 Å². The van der Waals surface area contributed by atoms with Crippen LogP contribution in [-0.2, 0) is 6.42 Å². The number of aromatic amines is 1. The zero-order valence-corrected chi connectivity index (χ0v) is 20.8. The summed E-state index contributed by atoms with van der Waals surface area (Å²) in [5, 5.41) is 2.53. The van der Waals surface area contributed by atoms with Gasteiger partial charge in [-0.15, -0.1) is 0 Å². The summed E-state index contributed by atoms with van der Waals surface area (Å²) >= 11 is 0. The first-order chi connectivity index (χ1) is 17.7. The number of aromatic nitrogens is 1. The number of hydrogen-bond donors (Lipinski definition) is 1. The molecule has 36 heavy (non-hydrogen) atoms. The summed E-state index contributed by atoms with van der Waals surface area (Å²) < 4.78 is 0. The molecule has 6 aromatic rings. The van der Waals surface area contributed by atoms with Gasteiger partial charge in [0.25, 0.3) is 0 Å². The lowest BCUT2D eigenvalue weighted by molar-refractivity contribution is 0.647. The van der Waals surface area contributed by atoms with Crippen molar-refractivity contribution in [1.82, 2.24) is 4.98 Å². The minimum absolute atomic E-state index is 0.588. The number of nitrogens with one attached hydrogen (secondary N) is 1. The number of nitrogens with zero attached hydrogens (tertiary/aromatic N) is 1. The summed E-state index contributed by atoms with van der Waals surface area (Å²) in [6.45, 7) is 4.56. The van der Waals surface area contributed by atoms with Gasteiger partial charge in [-0.25, -0.2) is 0 Å². The summed E-state index contributed by atoms with van der Waals surface area (Å²) in [6, 6.07) is 43.6. The van der Waals surface area contributed by atoms with Gasteiger partial charge in [0.2, 0.25) is 0 Å². The Morgan fingerprint density at radius 1 is 0.583 bits per heavy atom. The second-order valence-electron chi connectivity index (χ2n) is 9.88. The molecule has 2 heteroatoms. The van der Waals surface area contributed by atoms with Gasteiger partial charge >= 0.3 is 0 Å². The van der Waals surface area contributed by atoms with E-state index in [2.05, 4.69) is 145 Å². The van der Waals surface area contributed by atoms with Crippen molar-refractivity contribution in [1.29, 1.82) is 0 Å². The second kappa shape index (κ2) is 9.39. The quantitative estimate of drug-likeness (QED) is 0.259. The zero-order chi connectivity index (χ0) is 24.5. The zero-order valence-electron chi connectivity index (χ0n) is 20.8. The lowest BCUT2D eigenvalue weighted by Crippen LogP contribution is -2.13. The van der Waals surface area contributed by atoms with Crippen LogP contribution in [0.15, 0.2) is 121 Å². The van der Waals surface area contributed by atoms with E-state index in [0.717, 1.165) is 12.1 Å². The SMILES string of the molecule is CC(C)Cc1ccccc1N(c1ccccc1)c1ccc(-c2ccc3[nH]c4ccccc4c3c2)cc1. The Bertz CT molecular complexity index is 1630. The molecular weight excluding hydrogens is 436 g/mol. The number of hydrogen-bond acceptors (Lipinski definition) is 1. The van der Waals surface area contributed by atoms with E-state index in [1.165, 1.54) is 49.9 Å². The first-order valence-electron chi connectivity index (χ1n) is 12.7. The molecule has 0 radical (unpaired) electrons. The fourth-order valence-corrected chi connectivity index (χ4v) is 5.18. The molecule has 0 amide bonds. The Kier molecular flexibility index (Phi) is 5.79. The first kappa shape index (κ1) is 22.2. The van der Waals surface area contributed by atoms with Crippen LogP contribution < -0.4 is 4.90 Å². The standard InChI is InChI=1S/C34H30N2/c1-24(2)22-27-10-6-9-15-34(27)36(28-11-4-3-5-12-28)29-19-16-25(17-20-29)26-18-21-33-31(23-26)30-13-7-8-14-32(30)35-33/h3-21,23-24,35H,22H2,1-2H3. The molecule has 0 bridgehead atoms. The monoisotopic (exact) mass is 466 g/mol. The molecule has 0 atom stereocenters. The normalized spacial score (nSPS) is 11.4. The molecule has 2 nitrogen and oxygen atoms in total. The van der Waals surface area contributed by atoms with Crippen molar-refractivity contribution in [3.8, 4) is 11.1 Å². The maximum atomic E-state index is 3.53. The van der Waals surface area contributed by atoms with Crippen molar-refractivity contribution in [2.45, 2.75) is 20.3 Å². The van der Waals surface area contributed by atoms with E-state index in [9.17, 15) is 0 Å². The van der Waals surface area contributed by atoms with Gasteiger partial charge in [-0.2, -0.15) is 0 Å². The maximum Gasteiger partial charge on any atom is 0.0493 e. The van der Waals surface area contributed by atoms with Gasteiger partial charge in [-0.3, -0.25) is 0 Å². The van der Waals surface area contributed by atoms with Gasteiger partial charge in [0.1, 0.15) is 0 Å². The molecule has 6 rings (SSSR count). The van der Waals surface area contributed by atoms with Crippen LogP contribution in [0.5, 0.6) is 0 Å². The third-order valence-electron chi connectivity index (χ3n) is 6.84. The lowest BCUT2D eigenvalue weighted by atomic mass is 9.99. The van der Waals surface area contributed by atoms with E-state index in [1.807, 2.05) is 0 Å². The van der Waals surface area contributed by atoms with Gasteiger partial charge in [-0.05, 0) is 77.6 Å². The third-order valence-corrected chi connectivity index (χ3v) is 6.84. The highest BCUT2D eigenvalue weighted by Gasteiger charge is 2.16. The van der Waals surface area contributed by atoms with Crippen molar-refractivity contribution in [2.24, 2.45) is 5.92 Å². The van der Waals surface area contributed by atoms with Crippen LogP contribution in [0.3, 0.4) is 0 Å². The predicted octanol–water partition coefficient (Wildman–Crippen LogP) is 9.66. The number of anilines is 3. The molecule has 176 valence electrons. The van der Waals surface area contributed by atoms with Gasteiger partial charge in [0.05, 0.1) is 0 Å². The van der Waals surface area contributed by atoms with Crippen molar-refractivity contribution in [2.75, 3.05) is 4.90 Å². The summed E-state index contributed by atoms with van der Waals surface area (Å²) in [7, 11) is 0. The van der Waals surface area contributed by atoms with Gasteiger partial charge in [0.15, 0.2) is 0 Å². The second-order valence-corrected chi connectivity index (χ2v) is 9.88. The molecule has 5 aromatic carbocycles. The average molecular weight is 467 g/mol. The molecule has 0 saturated heterocycles. The van der Waals surface area contributed by atoms with Crippen molar-refractivity contribution in [3.05, 3.63) is 127 Å². The molecule has 0 spiro atoms. The minimum Gasteiger partial charge on any atom is -0.355 e. The maximum absolute atomic E-state index is 3.53. The van der Waals surface area contributed by atoms with Crippen LogP contribution in [0.1, 0.15) is 19.4 Å². The van der Waals surface area contributed by atoms with E-state index in [-0.39, 0.29) is 0 Å². The highest BCUT2D eigenvalue weighted by Crippen LogP contribution is 2.38. The van der Waals surface area contributed by atoms with Gasteiger partial charge < -0.3 is 9.88 Å². The molecule has 1 heterocycles. The van der Waals surface area contributed by atoms with Gasteiger partial charge in [-0.1, -0.05) is 86.6 Å². The fourth-order valence-electron chi connectivity index (χ4n) is 5.18.